The van der Waals surface area contributed by atoms with E-state index in [2.05, 4.69) is 12.2 Å². The van der Waals surface area contributed by atoms with Crippen LogP contribution in [0.3, 0.4) is 0 Å². The van der Waals surface area contributed by atoms with Crippen molar-refractivity contribution in [2.24, 2.45) is 0 Å². The Kier molecular flexibility index (Phi) is 5.89. The molecule has 0 amide bonds. The Morgan fingerprint density at radius 1 is 1.09 bits per heavy atom. The molecule has 2 atom stereocenters. The molecular formula is C18H23NO2S. The summed E-state index contributed by atoms with van der Waals surface area (Å²) < 4.78 is 11.4. The Balaban J connectivity index is 2.14. The minimum atomic E-state index is -0.952. The van der Waals surface area contributed by atoms with Crippen LogP contribution in [0.25, 0.3) is 0 Å². The first kappa shape index (κ1) is 16.9. The number of aliphatic hydroxyl groups excluding tert-OH is 1. The van der Waals surface area contributed by atoms with Gasteiger partial charge in [-0.1, -0.05) is 49.4 Å². The minimum absolute atomic E-state index is 0.0462. The Bertz CT molecular complexity index is 607. The lowest BCUT2D eigenvalue weighted by Gasteiger charge is -2.33. The number of hydrogen-bond donors (Lipinski definition) is 2. The van der Waals surface area contributed by atoms with Crippen LogP contribution in [-0.2, 0) is 22.9 Å². The van der Waals surface area contributed by atoms with Crippen molar-refractivity contribution in [2.75, 3.05) is 12.9 Å². The highest BCUT2D eigenvalue weighted by Gasteiger charge is 2.28. The molecule has 0 aliphatic carbocycles. The smallest absolute Gasteiger partial charge is 0.0669 e. The molecule has 0 heterocycles. The lowest BCUT2D eigenvalue weighted by atomic mass is 9.87. The average Bonchev–Trinajstić information content (AvgIpc) is 2.57. The second-order valence-electron chi connectivity index (χ2n) is 5.41. The number of benzene rings is 2. The van der Waals surface area contributed by atoms with Gasteiger partial charge < -0.3 is 10.4 Å². The van der Waals surface area contributed by atoms with Crippen molar-refractivity contribution in [2.45, 2.75) is 30.3 Å². The first-order valence-electron chi connectivity index (χ1n) is 7.45. The highest BCUT2D eigenvalue weighted by Crippen LogP contribution is 2.25. The zero-order valence-corrected chi connectivity index (χ0v) is 13.9. The van der Waals surface area contributed by atoms with Gasteiger partial charge in [-0.15, -0.1) is 0 Å². The molecule has 2 aromatic rings. The van der Waals surface area contributed by atoms with Crippen LogP contribution in [0.4, 0.5) is 0 Å². The summed E-state index contributed by atoms with van der Waals surface area (Å²) in [6.07, 6.45) is 2.47. The van der Waals surface area contributed by atoms with E-state index in [9.17, 15) is 9.32 Å². The molecule has 0 fully saturated rings. The van der Waals surface area contributed by atoms with Gasteiger partial charge in [0.15, 0.2) is 0 Å². The second-order valence-corrected chi connectivity index (χ2v) is 6.79. The summed E-state index contributed by atoms with van der Waals surface area (Å²) in [7, 11) is -0.952. The molecule has 118 valence electrons. The van der Waals surface area contributed by atoms with Crippen molar-refractivity contribution < 1.29 is 9.32 Å². The first-order chi connectivity index (χ1) is 10.6. The molecule has 2 rings (SSSR count). The van der Waals surface area contributed by atoms with Crippen molar-refractivity contribution >= 4 is 10.8 Å². The summed E-state index contributed by atoms with van der Waals surface area (Å²) >= 11 is 0. The summed E-state index contributed by atoms with van der Waals surface area (Å²) in [6.45, 7) is 2.77. The van der Waals surface area contributed by atoms with E-state index in [4.69, 9.17) is 0 Å². The lowest BCUT2D eigenvalue weighted by Crippen LogP contribution is -2.44. The molecule has 0 aliphatic heterocycles. The molecule has 0 saturated heterocycles. The fraction of sp³-hybridized carbons (Fsp3) is 0.333. The van der Waals surface area contributed by atoms with Gasteiger partial charge in [-0.05, 0) is 29.7 Å². The number of aliphatic hydroxyl groups is 1. The van der Waals surface area contributed by atoms with Crippen molar-refractivity contribution in [1.29, 1.82) is 0 Å². The van der Waals surface area contributed by atoms with Crippen molar-refractivity contribution in [1.82, 2.24) is 5.32 Å². The van der Waals surface area contributed by atoms with Crippen LogP contribution in [0.1, 0.15) is 24.5 Å². The highest BCUT2D eigenvalue weighted by atomic mass is 32.2. The Hall–Kier alpha value is -1.49. The summed E-state index contributed by atoms with van der Waals surface area (Å²) in [5, 5.41) is 13.4. The third-order valence-electron chi connectivity index (χ3n) is 4.09. The second kappa shape index (κ2) is 7.68. The topological polar surface area (TPSA) is 49.3 Å². The van der Waals surface area contributed by atoms with E-state index in [0.29, 0.717) is 6.54 Å². The minimum Gasteiger partial charge on any atom is -0.394 e. The Morgan fingerprint density at radius 3 is 2.23 bits per heavy atom. The third kappa shape index (κ3) is 3.83. The molecule has 2 aromatic carbocycles. The van der Waals surface area contributed by atoms with Crippen LogP contribution in [0, 0.1) is 0 Å². The van der Waals surface area contributed by atoms with E-state index >= 15 is 0 Å². The molecular weight excluding hydrogens is 294 g/mol. The highest BCUT2D eigenvalue weighted by molar-refractivity contribution is 7.84. The van der Waals surface area contributed by atoms with E-state index in [1.807, 2.05) is 54.6 Å². The summed E-state index contributed by atoms with van der Waals surface area (Å²) in [5.41, 5.74) is 1.76. The van der Waals surface area contributed by atoms with Crippen LogP contribution in [0.15, 0.2) is 59.5 Å². The van der Waals surface area contributed by atoms with Gasteiger partial charge in [-0.25, -0.2) is 0 Å². The Labute approximate surface area is 134 Å². The SMILES string of the molecule is CC[C@](CO)(NCc1ccc([S@](C)=O)cc1)c1ccccc1. The van der Waals surface area contributed by atoms with Gasteiger partial charge in [0.1, 0.15) is 0 Å². The van der Waals surface area contributed by atoms with Crippen LogP contribution < -0.4 is 5.32 Å². The van der Waals surface area contributed by atoms with Crippen LogP contribution in [0.5, 0.6) is 0 Å². The van der Waals surface area contributed by atoms with Gasteiger partial charge in [-0.2, -0.15) is 0 Å². The van der Waals surface area contributed by atoms with Crippen molar-refractivity contribution in [3.63, 3.8) is 0 Å². The molecule has 0 radical (unpaired) electrons. The molecule has 0 saturated carbocycles. The van der Waals surface area contributed by atoms with E-state index < -0.39 is 16.3 Å². The fourth-order valence-electron chi connectivity index (χ4n) is 2.52. The molecule has 4 heteroatoms. The standard InChI is InChI=1S/C18H23NO2S/c1-3-18(14-20,16-7-5-4-6-8-16)19-13-15-9-11-17(12-10-15)22(2)21/h4-12,19-20H,3,13-14H2,1-2H3/t18-,22+/m1/s1. The van der Waals surface area contributed by atoms with Gasteiger partial charge in [-0.3, -0.25) is 4.21 Å². The maximum absolute atomic E-state index is 11.4. The predicted octanol–water partition coefficient (Wildman–Crippen LogP) is 2.81. The quantitative estimate of drug-likeness (QED) is 0.825. The van der Waals surface area contributed by atoms with E-state index in [1.165, 1.54) is 0 Å². The molecule has 2 N–H and O–H groups in total. The predicted molar refractivity (Wildman–Crippen MR) is 91.1 cm³/mol. The maximum Gasteiger partial charge on any atom is 0.0669 e. The number of nitrogens with one attached hydrogen (secondary N) is 1. The third-order valence-corrected chi connectivity index (χ3v) is 5.02. The zero-order chi connectivity index (χ0) is 16.0. The number of rotatable bonds is 7. The molecule has 3 nitrogen and oxygen atoms in total. The van der Waals surface area contributed by atoms with Gasteiger partial charge in [0, 0.05) is 28.5 Å². The van der Waals surface area contributed by atoms with Crippen LogP contribution in [-0.4, -0.2) is 22.2 Å². The fourth-order valence-corrected chi connectivity index (χ4v) is 3.04. The van der Waals surface area contributed by atoms with Gasteiger partial charge in [0.2, 0.25) is 0 Å². The van der Waals surface area contributed by atoms with Crippen LogP contribution >= 0.6 is 0 Å². The van der Waals surface area contributed by atoms with Crippen molar-refractivity contribution in [3.05, 3.63) is 65.7 Å². The van der Waals surface area contributed by atoms with E-state index in [1.54, 1.807) is 6.26 Å². The van der Waals surface area contributed by atoms with E-state index in [-0.39, 0.29) is 6.61 Å². The normalized spacial score (nSPS) is 15.2. The lowest BCUT2D eigenvalue weighted by molar-refractivity contribution is 0.154. The number of hydrogen-bond acceptors (Lipinski definition) is 3. The first-order valence-corrected chi connectivity index (χ1v) is 9.01. The monoisotopic (exact) mass is 317 g/mol. The maximum atomic E-state index is 11.4. The van der Waals surface area contributed by atoms with Gasteiger partial charge in [0.05, 0.1) is 12.1 Å². The van der Waals surface area contributed by atoms with Crippen LogP contribution in [0.2, 0.25) is 0 Å². The van der Waals surface area contributed by atoms with Crippen molar-refractivity contribution in [3.8, 4) is 0 Å². The summed E-state index contributed by atoms with van der Waals surface area (Å²) in [5.74, 6) is 0. The molecule has 0 bridgehead atoms. The van der Waals surface area contributed by atoms with Gasteiger partial charge >= 0.3 is 0 Å². The Morgan fingerprint density at radius 2 is 1.73 bits per heavy atom. The average molecular weight is 317 g/mol. The zero-order valence-electron chi connectivity index (χ0n) is 13.1. The molecule has 0 aliphatic rings. The molecule has 0 spiro atoms. The summed E-state index contributed by atoms with van der Waals surface area (Å²) in [4.78, 5) is 0.829. The largest absolute Gasteiger partial charge is 0.394 e. The molecule has 22 heavy (non-hydrogen) atoms. The summed E-state index contributed by atoms with van der Waals surface area (Å²) in [6, 6.07) is 17.8. The van der Waals surface area contributed by atoms with E-state index in [0.717, 1.165) is 22.4 Å². The van der Waals surface area contributed by atoms with Gasteiger partial charge in [0.25, 0.3) is 0 Å². The molecule has 0 aromatic heterocycles. The molecule has 0 unspecified atom stereocenters.